The van der Waals surface area contributed by atoms with Gasteiger partial charge in [0.1, 0.15) is 19.7 Å². The van der Waals surface area contributed by atoms with Gasteiger partial charge in [0.2, 0.25) is 0 Å². The monoisotopic (exact) mass is 1060 g/mol. The molecular formula is C56H59IrN2OSi3. The molecule has 0 saturated heterocycles. The zero-order valence-corrected chi connectivity index (χ0v) is 43.2. The number of furan rings is 1. The van der Waals surface area contributed by atoms with Gasteiger partial charge in [0, 0.05) is 28.1 Å². The molecule has 3 nitrogen and oxygen atoms in total. The smallest absolute Gasteiger partial charge is 0.509 e. The van der Waals surface area contributed by atoms with Crippen molar-refractivity contribution in [1.29, 1.82) is 5.26 Å². The van der Waals surface area contributed by atoms with Gasteiger partial charge >= 0.3 is 20.1 Å². The van der Waals surface area contributed by atoms with E-state index in [-0.39, 0.29) is 31.2 Å². The Labute approximate surface area is 404 Å². The van der Waals surface area contributed by atoms with Gasteiger partial charge in [-0.05, 0) is 39.1 Å². The number of benzene rings is 6. The Morgan fingerprint density at radius 2 is 1.30 bits per heavy atom. The van der Waals surface area contributed by atoms with Gasteiger partial charge in [-0.3, -0.25) is 0 Å². The number of aryl methyl sites for hydroxylation is 2. The molecule has 0 fully saturated rings. The summed E-state index contributed by atoms with van der Waals surface area (Å²) in [5.41, 5.74) is 3.45. The predicted octanol–water partition coefficient (Wildman–Crippen LogP) is 11.7. The van der Waals surface area contributed by atoms with Crippen LogP contribution in [0.25, 0.3) is 44.3 Å². The molecule has 0 aliphatic heterocycles. The van der Waals surface area contributed by atoms with Crippen molar-refractivity contribution in [2.45, 2.75) is 86.7 Å². The van der Waals surface area contributed by atoms with Gasteiger partial charge in [0.15, 0.2) is 0 Å². The average molecular weight is 1060 g/mol. The second-order valence-electron chi connectivity index (χ2n) is 19.2. The molecule has 6 aromatic carbocycles. The number of nitrogens with zero attached hydrogens (tertiary/aromatic N) is 2. The molecule has 0 N–H and O–H groups in total. The Kier molecular flexibility index (Phi) is 11.1. The molecule has 0 radical (unpaired) electrons. The Balaban J connectivity index is 0.000000346. The first-order valence-corrected chi connectivity index (χ1v) is 30.5. The summed E-state index contributed by atoms with van der Waals surface area (Å²) in [6.45, 7) is 16.8. The molecule has 2 aromatic heterocycles. The van der Waals surface area contributed by atoms with Crippen LogP contribution in [0, 0.1) is 48.6 Å². The van der Waals surface area contributed by atoms with Crippen LogP contribution >= 0.6 is 0 Å². The molecule has 0 amide bonds. The van der Waals surface area contributed by atoms with Crippen molar-refractivity contribution in [2.24, 2.45) is 5.41 Å². The molecular weight excluding hydrogens is 993 g/mol. The molecule has 0 unspecified atom stereocenters. The maximum absolute atomic E-state index is 10.9. The first-order chi connectivity index (χ1) is 32.5. The Morgan fingerprint density at radius 3 is 1.86 bits per heavy atom. The van der Waals surface area contributed by atoms with Crippen LogP contribution in [0.15, 0.2) is 132 Å². The molecule has 8 aromatic rings. The Hall–Kier alpha value is -4.94. The summed E-state index contributed by atoms with van der Waals surface area (Å²) < 4.78 is 71.2. The minimum Gasteiger partial charge on any atom is -0.509 e. The van der Waals surface area contributed by atoms with Crippen molar-refractivity contribution < 1.29 is 35.5 Å². The molecule has 0 aliphatic rings. The molecule has 7 heteroatoms. The Morgan fingerprint density at radius 1 is 0.683 bits per heavy atom. The zero-order chi connectivity index (χ0) is 51.4. The first-order valence-electron chi connectivity index (χ1n) is 25.0. The van der Waals surface area contributed by atoms with Crippen LogP contribution < -0.4 is 25.9 Å². The second kappa shape index (κ2) is 18.6. The largest absolute Gasteiger partial charge is 3.00 e. The summed E-state index contributed by atoms with van der Waals surface area (Å²) in [5, 5.41) is 18.5. The van der Waals surface area contributed by atoms with Crippen LogP contribution in [-0.4, -0.2) is 29.2 Å². The van der Waals surface area contributed by atoms with E-state index in [4.69, 9.17) is 15.4 Å². The SMILES string of the molecule is [2H]C([2H])([2H])c1c[c-]c(-c2[c-]ccc3c2oc2c(C#N)c([Si](C)(c4ccc([Si](C)(C)C)cc4)c4ccc([Si](C)(C)C)cc4)ccc23)cc1C([2H])([2H])[2H].[2H]C([2H])(c1ccnc(-c2[c-]cccc2)c1)C(C)(C)C.[Ir+3]. The third-order valence-corrected chi connectivity index (χ3v) is 20.0. The van der Waals surface area contributed by atoms with E-state index in [1.807, 2.05) is 63.2 Å². The van der Waals surface area contributed by atoms with Crippen molar-refractivity contribution in [2.75, 3.05) is 0 Å². The quantitative estimate of drug-likeness (QED) is 0.0866. The van der Waals surface area contributed by atoms with Crippen molar-refractivity contribution in [1.82, 2.24) is 4.98 Å². The maximum atomic E-state index is 10.9. The standard InChI is InChI=1S/C40H41NOSi3.C16H18N.Ir/c1-27-13-14-29(25-28(27)2)34-11-10-12-35-36-23-24-38(37(26-41)40(36)42-39(34)35)45(9,32-19-15-30(16-20-32)43(3,4)5)33-21-17-31(18-22-33)44(6,7)8;1-16(2,3)12-13-9-10-17-15(11-13)14-7-5-4-6-8-14;/h10,12-13,15-25H,1-9H3;4-7,9-11H,12H2,1-3H3;/q-2;-1;+3/i1D3,2D3;12D2;. The molecule has 2 heterocycles. The van der Waals surface area contributed by atoms with Gasteiger partial charge in [0.25, 0.3) is 0 Å². The number of pyridine rings is 1. The van der Waals surface area contributed by atoms with Crippen LogP contribution in [-0.2, 0) is 26.5 Å². The molecule has 0 spiro atoms. The van der Waals surface area contributed by atoms with E-state index in [2.05, 4.69) is 130 Å². The molecule has 320 valence electrons. The minimum atomic E-state index is -2.79. The van der Waals surface area contributed by atoms with Gasteiger partial charge in [-0.25, -0.2) is 5.56 Å². The molecule has 8 rings (SSSR count). The number of hydrogen-bond donors (Lipinski definition) is 0. The molecule has 63 heavy (non-hydrogen) atoms. The summed E-state index contributed by atoms with van der Waals surface area (Å²) in [5.74, 6) is 0. The number of rotatable bonds is 8. The van der Waals surface area contributed by atoms with Crippen LogP contribution in [0.1, 0.15) is 54.0 Å². The van der Waals surface area contributed by atoms with Gasteiger partial charge in [-0.2, -0.15) is 41.2 Å². The molecule has 0 atom stereocenters. The maximum Gasteiger partial charge on any atom is 3.00 e. The normalized spacial score (nSPS) is 14.6. The van der Waals surface area contributed by atoms with Crippen molar-refractivity contribution in [3.8, 4) is 28.5 Å². The molecule has 0 bridgehead atoms. The van der Waals surface area contributed by atoms with E-state index in [1.165, 1.54) is 32.9 Å². The van der Waals surface area contributed by atoms with E-state index in [1.54, 1.807) is 18.3 Å². The predicted molar refractivity (Wildman–Crippen MR) is 272 cm³/mol. The Bertz CT molecular complexity index is 3180. The van der Waals surface area contributed by atoms with Crippen molar-refractivity contribution >= 4 is 72.1 Å². The summed E-state index contributed by atoms with van der Waals surface area (Å²) >= 11 is 0. The number of fused-ring (bicyclic) bond motifs is 3. The molecule has 0 saturated carbocycles. The van der Waals surface area contributed by atoms with Crippen LogP contribution in [0.4, 0.5) is 0 Å². The van der Waals surface area contributed by atoms with Gasteiger partial charge < -0.3 is 9.40 Å². The van der Waals surface area contributed by atoms with E-state index in [0.29, 0.717) is 33.4 Å². The van der Waals surface area contributed by atoms with Gasteiger partial charge in [0.05, 0.1) is 21.7 Å². The van der Waals surface area contributed by atoms with Crippen LogP contribution in [0.5, 0.6) is 0 Å². The number of nitriles is 1. The first kappa shape index (κ1) is 37.4. The summed E-state index contributed by atoms with van der Waals surface area (Å²) in [4.78, 5) is 4.31. The zero-order valence-electron chi connectivity index (χ0n) is 45.8. The van der Waals surface area contributed by atoms with Gasteiger partial charge in [-0.15, -0.1) is 53.1 Å². The number of hydrogen-bond acceptors (Lipinski definition) is 3. The van der Waals surface area contributed by atoms with E-state index in [0.717, 1.165) is 27.2 Å². The van der Waals surface area contributed by atoms with E-state index >= 15 is 0 Å². The minimum absolute atomic E-state index is 0. The van der Waals surface area contributed by atoms with Gasteiger partial charge in [-0.1, -0.05) is 168 Å². The van der Waals surface area contributed by atoms with E-state index in [9.17, 15) is 5.26 Å². The van der Waals surface area contributed by atoms with E-state index < -0.39 is 49.7 Å². The second-order valence-corrected chi connectivity index (χ2v) is 33.3. The fourth-order valence-corrected chi connectivity index (χ4v) is 13.9. The average Bonchev–Trinajstić information content (AvgIpc) is 3.69. The summed E-state index contributed by atoms with van der Waals surface area (Å²) in [6.07, 6.45) is 0.258. The topological polar surface area (TPSA) is 49.8 Å². The van der Waals surface area contributed by atoms with Crippen molar-refractivity contribution in [3.63, 3.8) is 0 Å². The van der Waals surface area contributed by atoms with Crippen LogP contribution in [0.3, 0.4) is 0 Å². The molecule has 0 aliphatic carbocycles. The van der Waals surface area contributed by atoms with Crippen molar-refractivity contribution in [3.05, 3.63) is 168 Å². The summed E-state index contributed by atoms with van der Waals surface area (Å²) in [6, 6.07) is 51.3. The van der Waals surface area contributed by atoms with Crippen LogP contribution in [0.2, 0.25) is 45.8 Å². The third kappa shape index (κ3) is 10.2. The fourth-order valence-electron chi connectivity index (χ4n) is 7.89. The number of aromatic nitrogens is 1. The third-order valence-electron chi connectivity index (χ3n) is 11.4. The summed E-state index contributed by atoms with van der Waals surface area (Å²) in [7, 11) is -5.88. The fraction of sp³-hybridized carbons (Fsp3) is 0.250.